The van der Waals surface area contributed by atoms with E-state index in [0.29, 0.717) is 5.56 Å². The number of rotatable bonds is 4. The molecule has 1 aromatic rings. The molecule has 3 N–H and O–H groups in total. The standard InChI is InChI=1S/C13H19NO3/c1-8(2)10-7-9(5-6-11(10)17-4)13(3,14)12(15)16/h5-8H,14H2,1-4H3,(H,15,16). The summed E-state index contributed by atoms with van der Waals surface area (Å²) in [6, 6.07) is 5.26. The van der Waals surface area contributed by atoms with Gasteiger partial charge in [0.2, 0.25) is 0 Å². The average Bonchev–Trinajstić information content (AvgIpc) is 2.27. The van der Waals surface area contributed by atoms with Crippen LogP contribution in [-0.4, -0.2) is 18.2 Å². The smallest absolute Gasteiger partial charge is 0.328 e. The predicted octanol–water partition coefficient (Wildman–Crippen LogP) is 2.08. The fourth-order valence-electron chi connectivity index (χ4n) is 1.63. The van der Waals surface area contributed by atoms with E-state index in [-0.39, 0.29) is 5.92 Å². The third-order valence-electron chi connectivity index (χ3n) is 2.90. The highest BCUT2D eigenvalue weighted by atomic mass is 16.5. The number of hydrogen-bond donors (Lipinski definition) is 2. The molecule has 94 valence electrons. The van der Waals surface area contributed by atoms with Gasteiger partial charge in [0.05, 0.1) is 7.11 Å². The Bertz CT molecular complexity index is 425. The van der Waals surface area contributed by atoms with Gasteiger partial charge in [-0.1, -0.05) is 19.9 Å². The van der Waals surface area contributed by atoms with Crippen molar-refractivity contribution in [2.24, 2.45) is 5.73 Å². The average molecular weight is 237 g/mol. The summed E-state index contributed by atoms with van der Waals surface area (Å²) in [5.41, 5.74) is 5.96. The van der Waals surface area contributed by atoms with E-state index in [1.807, 2.05) is 13.8 Å². The van der Waals surface area contributed by atoms with Crippen molar-refractivity contribution in [3.8, 4) is 5.75 Å². The van der Waals surface area contributed by atoms with Crippen LogP contribution in [0.25, 0.3) is 0 Å². The predicted molar refractivity (Wildman–Crippen MR) is 66.3 cm³/mol. The Kier molecular flexibility index (Phi) is 3.78. The maximum Gasteiger partial charge on any atom is 0.328 e. The van der Waals surface area contributed by atoms with E-state index in [9.17, 15) is 4.79 Å². The summed E-state index contributed by atoms with van der Waals surface area (Å²) >= 11 is 0. The van der Waals surface area contributed by atoms with Crippen LogP contribution in [0.5, 0.6) is 5.75 Å². The molecule has 0 aliphatic rings. The van der Waals surface area contributed by atoms with E-state index in [1.54, 1.807) is 25.3 Å². The molecule has 0 spiro atoms. The van der Waals surface area contributed by atoms with Crippen molar-refractivity contribution in [3.63, 3.8) is 0 Å². The zero-order valence-corrected chi connectivity index (χ0v) is 10.7. The Morgan fingerprint density at radius 2 is 2.06 bits per heavy atom. The largest absolute Gasteiger partial charge is 0.496 e. The molecule has 4 heteroatoms. The molecule has 0 saturated carbocycles. The molecular weight excluding hydrogens is 218 g/mol. The van der Waals surface area contributed by atoms with Gasteiger partial charge in [-0.3, -0.25) is 0 Å². The van der Waals surface area contributed by atoms with Crippen LogP contribution in [-0.2, 0) is 10.3 Å². The van der Waals surface area contributed by atoms with Crippen molar-refractivity contribution in [2.75, 3.05) is 7.11 Å². The first-order chi connectivity index (χ1) is 7.80. The first-order valence-electron chi connectivity index (χ1n) is 5.51. The van der Waals surface area contributed by atoms with Gasteiger partial charge in [-0.25, -0.2) is 4.79 Å². The van der Waals surface area contributed by atoms with Gasteiger partial charge in [-0.15, -0.1) is 0 Å². The number of carboxylic acids is 1. The molecular formula is C13H19NO3. The SMILES string of the molecule is COc1ccc(C(C)(N)C(=O)O)cc1C(C)C. The number of methoxy groups -OCH3 is 1. The lowest BCUT2D eigenvalue weighted by atomic mass is 9.89. The molecule has 0 fully saturated rings. The fraction of sp³-hybridized carbons (Fsp3) is 0.462. The maximum atomic E-state index is 11.1. The zero-order chi connectivity index (χ0) is 13.2. The van der Waals surface area contributed by atoms with E-state index in [2.05, 4.69) is 0 Å². The second-order valence-corrected chi connectivity index (χ2v) is 4.62. The minimum Gasteiger partial charge on any atom is -0.496 e. The molecule has 1 unspecified atom stereocenters. The van der Waals surface area contributed by atoms with Gasteiger partial charge in [0.1, 0.15) is 11.3 Å². The minimum absolute atomic E-state index is 0.245. The molecule has 0 saturated heterocycles. The molecule has 17 heavy (non-hydrogen) atoms. The topological polar surface area (TPSA) is 72.5 Å². The van der Waals surface area contributed by atoms with Crippen molar-refractivity contribution < 1.29 is 14.6 Å². The zero-order valence-electron chi connectivity index (χ0n) is 10.7. The van der Waals surface area contributed by atoms with Crippen LogP contribution in [0.2, 0.25) is 0 Å². The summed E-state index contributed by atoms with van der Waals surface area (Å²) in [6.07, 6.45) is 0. The lowest BCUT2D eigenvalue weighted by Gasteiger charge is -2.22. The van der Waals surface area contributed by atoms with Gasteiger partial charge in [-0.05, 0) is 36.1 Å². The second kappa shape index (κ2) is 4.75. The second-order valence-electron chi connectivity index (χ2n) is 4.62. The van der Waals surface area contributed by atoms with Gasteiger partial charge in [-0.2, -0.15) is 0 Å². The number of carbonyl (C=O) groups is 1. The van der Waals surface area contributed by atoms with Crippen LogP contribution >= 0.6 is 0 Å². The summed E-state index contributed by atoms with van der Waals surface area (Å²) in [5, 5.41) is 9.09. The minimum atomic E-state index is -1.38. The van der Waals surface area contributed by atoms with Crippen LogP contribution in [0.3, 0.4) is 0 Å². The Morgan fingerprint density at radius 3 is 2.47 bits per heavy atom. The van der Waals surface area contributed by atoms with Crippen LogP contribution in [0.15, 0.2) is 18.2 Å². The van der Waals surface area contributed by atoms with E-state index < -0.39 is 11.5 Å². The number of benzene rings is 1. The maximum absolute atomic E-state index is 11.1. The van der Waals surface area contributed by atoms with Crippen molar-refractivity contribution in [1.82, 2.24) is 0 Å². The molecule has 0 amide bonds. The van der Waals surface area contributed by atoms with Gasteiger partial charge < -0.3 is 15.6 Å². The summed E-state index contributed by atoms with van der Waals surface area (Å²) in [4.78, 5) is 11.1. The van der Waals surface area contributed by atoms with Crippen LogP contribution in [0, 0.1) is 0 Å². The highest BCUT2D eigenvalue weighted by Gasteiger charge is 2.31. The number of ether oxygens (including phenoxy) is 1. The first kappa shape index (κ1) is 13.5. The van der Waals surface area contributed by atoms with Gasteiger partial charge in [0.15, 0.2) is 0 Å². The van der Waals surface area contributed by atoms with Crippen LogP contribution in [0.4, 0.5) is 0 Å². The number of aliphatic carboxylic acids is 1. The van der Waals surface area contributed by atoms with E-state index in [0.717, 1.165) is 11.3 Å². The summed E-state index contributed by atoms with van der Waals surface area (Å²) in [7, 11) is 1.60. The Morgan fingerprint density at radius 1 is 1.47 bits per heavy atom. The lowest BCUT2D eigenvalue weighted by molar-refractivity contribution is -0.143. The molecule has 0 heterocycles. The number of nitrogens with two attached hydrogens (primary N) is 1. The Hall–Kier alpha value is -1.55. The molecule has 1 rings (SSSR count). The van der Waals surface area contributed by atoms with Gasteiger partial charge >= 0.3 is 5.97 Å². The highest BCUT2D eigenvalue weighted by molar-refractivity contribution is 5.80. The van der Waals surface area contributed by atoms with E-state index in [4.69, 9.17) is 15.6 Å². The Labute approximate surface area is 101 Å². The van der Waals surface area contributed by atoms with E-state index >= 15 is 0 Å². The van der Waals surface area contributed by atoms with E-state index in [1.165, 1.54) is 6.92 Å². The molecule has 0 bridgehead atoms. The Balaban J connectivity index is 3.30. The molecule has 0 aliphatic heterocycles. The number of carboxylic acid groups (broad SMARTS) is 1. The molecule has 0 aromatic heterocycles. The monoisotopic (exact) mass is 237 g/mol. The lowest BCUT2D eigenvalue weighted by Crippen LogP contribution is -2.41. The quantitative estimate of drug-likeness (QED) is 0.841. The fourth-order valence-corrected chi connectivity index (χ4v) is 1.63. The third-order valence-corrected chi connectivity index (χ3v) is 2.90. The molecule has 1 atom stereocenters. The van der Waals surface area contributed by atoms with Crippen molar-refractivity contribution in [2.45, 2.75) is 32.2 Å². The molecule has 0 aliphatic carbocycles. The van der Waals surface area contributed by atoms with Crippen LogP contribution < -0.4 is 10.5 Å². The van der Waals surface area contributed by atoms with Crippen LogP contribution in [0.1, 0.15) is 37.8 Å². The van der Waals surface area contributed by atoms with Gasteiger partial charge in [0.25, 0.3) is 0 Å². The van der Waals surface area contributed by atoms with Gasteiger partial charge in [0, 0.05) is 0 Å². The number of hydrogen-bond acceptors (Lipinski definition) is 3. The first-order valence-corrected chi connectivity index (χ1v) is 5.51. The van der Waals surface area contributed by atoms with Crippen molar-refractivity contribution in [3.05, 3.63) is 29.3 Å². The highest BCUT2D eigenvalue weighted by Crippen LogP contribution is 2.30. The molecule has 4 nitrogen and oxygen atoms in total. The summed E-state index contributed by atoms with van der Waals surface area (Å²) in [5.74, 6) is -0.0446. The third kappa shape index (κ3) is 2.58. The molecule has 1 aromatic carbocycles. The summed E-state index contributed by atoms with van der Waals surface area (Å²) in [6.45, 7) is 5.54. The van der Waals surface area contributed by atoms with Crippen molar-refractivity contribution >= 4 is 5.97 Å². The normalized spacial score (nSPS) is 14.5. The summed E-state index contributed by atoms with van der Waals surface area (Å²) < 4.78 is 5.25. The molecule has 0 radical (unpaired) electrons. The van der Waals surface area contributed by atoms with Crippen molar-refractivity contribution in [1.29, 1.82) is 0 Å².